The molecule has 3 N–H and O–H groups in total. The number of aromatic amines is 1. The first kappa shape index (κ1) is 100. The largest absolute Gasteiger partial charge is 0.497 e. The number of nitrogens with one attached hydrogen (secondary N) is 1. The lowest BCUT2D eigenvalue weighted by Gasteiger charge is -2.35. The number of aromatic nitrogens is 16. The zero-order valence-electron chi connectivity index (χ0n) is 83.3. The number of thiophene rings is 1. The maximum atomic E-state index is 13.0. The summed E-state index contributed by atoms with van der Waals surface area (Å²) in [6, 6.07) is 58.4. The minimum atomic E-state index is -0.298. The first-order valence-corrected chi connectivity index (χ1v) is 49.7. The van der Waals surface area contributed by atoms with Crippen molar-refractivity contribution in [1.29, 1.82) is 0 Å². The summed E-state index contributed by atoms with van der Waals surface area (Å²) in [4.78, 5) is 87.4. The van der Waals surface area contributed by atoms with Crippen LogP contribution in [0.4, 0.5) is 45.5 Å². The standard InChI is InChI=1S/C29H24N6O4.C29H33N5O3.C27H29N5O4.C26H24ClN5O3S/c1-38-21-11-20(12-22(14-21)39-2)34(9-10-35-28(36)23-5-3-4-6-24(23)29(35)37)19-7-8-25-26(13-19)33-27(17-30-25)18-15-31-32-16-18;1-36-25-11-23(12-26(14-25)37-2)33(17-19-3-4-19)22-5-6-27-28(13-22)32-29(16-30-27)21-15-31-34(18-21)24-9-20(10-24)7-8-35;1-5-36-27(33)23-8-17(23)16-32(20-9-21(34-3)12-22(10-20)35-4)19-6-7-24-25(11-19)30-26(14-28-24)18-13-29-31(2)15-18;1-34-20-9-19(10-21(12-20)35-2)32(16-22-4-6-26(27)36-22)18-3-5-23-24(11-18)30-25(14-28-23)17-13-29-31(15-17)7-8-33/h3-8,11-17H,9-10H2,1-2H3,(H,31,32);5-6,11-16,18-20,24,35H,3-4,7-10,17H2,1-2H3;6-7,9-15,17,23H,5,8,16H2,1-4H3;3-6,9-15,33H,7-8,16H2,1-2H3/t;;17-,23+;/m..0./s1. The number of benzene rings is 9. The number of imide groups is 1. The number of esters is 1. The average Bonchev–Trinajstić information content (AvgIpc) is 1.61. The molecule has 18 aromatic rings. The molecule has 148 heavy (non-hydrogen) atoms. The Morgan fingerprint density at radius 1 is 0.439 bits per heavy atom. The van der Waals surface area contributed by atoms with Crippen LogP contribution in [-0.4, -0.2) is 215 Å². The van der Waals surface area contributed by atoms with Crippen molar-refractivity contribution in [2.75, 3.05) is 122 Å². The minimum Gasteiger partial charge on any atom is -0.497 e. The molecular weight excluding hydrogens is 1920 g/mol. The van der Waals surface area contributed by atoms with Crippen LogP contribution >= 0.6 is 22.9 Å². The van der Waals surface area contributed by atoms with Gasteiger partial charge in [-0.25, -0.2) is 19.9 Å². The zero-order valence-corrected chi connectivity index (χ0v) is 84.8. The second kappa shape index (κ2) is 45.3. The molecule has 0 saturated heterocycles. The number of ether oxygens (including phenoxy) is 9. The number of hydrogen-bond acceptors (Lipinski definition) is 31. The van der Waals surface area contributed by atoms with E-state index < -0.39 is 0 Å². The summed E-state index contributed by atoms with van der Waals surface area (Å²) < 4.78 is 55.6. The summed E-state index contributed by atoms with van der Waals surface area (Å²) in [5.74, 6) is 6.17. The Kier molecular flexibility index (Phi) is 30.6. The van der Waals surface area contributed by atoms with Crippen LogP contribution in [0.3, 0.4) is 0 Å². The number of rotatable bonds is 36. The van der Waals surface area contributed by atoms with E-state index in [4.69, 9.17) is 84.3 Å². The zero-order chi connectivity index (χ0) is 103. The van der Waals surface area contributed by atoms with Gasteiger partial charge in [-0.2, -0.15) is 20.4 Å². The lowest BCUT2D eigenvalue weighted by atomic mass is 9.78. The molecule has 37 heteroatoms. The van der Waals surface area contributed by atoms with Crippen molar-refractivity contribution >= 4 is 130 Å². The molecule has 10 heterocycles. The number of amides is 2. The third kappa shape index (κ3) is 23.0. The van der Waals surface area contributed by atoms with Gasteiger partial charge in [-0.1, -0.05) is 23.7 Å². The van der Waals surface area contributed by atoms with E-state index in [-0.39, 0.29) is 49.4 Å². The van der Waals surface area contributed by atoms with Gasteiger partial charge in [-0.05, 0) is 160 Å². The van der Waals surface area contributed by atoms with Crippen LogP contribution in [-0.2, 0) is 29.7 Å². The number of hydrogen-bond donors (Lipinski definition) is 3. The molecule has 0 spiro atoms. The Bertz CT molecular complexity index is 7680. The second-order valence-electron chi connectivity index (χ2n) is 36.1. The lowest BCUT2D eigenvalue weighted by Crippen LogP contribution is -2.36. The van der Waals surface area contributed by atoms with Gasteiger partial charge >= 0.3 is 5.97 Å². The molecule has 22 rings (SSSR count). The monoisotopic (exact) mass is 2030 g/mol. The molecule has 9 aromatic carbocycles. The lowest BCUT2D eigenvalue weighted by molar-refractivity contribution is -0.145. The van der Waals surface area contributed by atoms with Gasteiger partial charge in [0.25, 0.3) is 11.8 Å². The normalized spacial score (nSPS) is 14.8. The van der Waals surface area contributed by atoms with E-state index in [2.05, 4.69) is 85.6 Å². The number of fused-ring (bicyclic) bond motifs is 5. The molecule has 3 fully saturated rings. The number of aliphatic hydroxyl groups excluding tert-OH is 2. The van der Waals surface area contributed by atoms with Crippen molar-refractivity contribution in [2.24, 2.45) is 30.7 Å². The number of methoxy groups -OCH3 is 8. The Labute approximate surface area is 862 Å². The highest BCUT2D eigenvalue weighted by atomic mass is 35.5. The van der Waals surface area contributed by atoms with Crippen LogP contribution in [0.15, 0.2) is 256 Å². The number of aliphatic hydroxyl groups is 2. The van der Waals surface area contributed by atoms with Crippen LogP contribution in [0, 0.1) is 23.7 Å². The highest BCUT2D eigenvalue weighted by Gasteiger charge is 2.46. The smallest absolute Gasteiger partial charge is 0.309 e. The van der Waals surface area contributed by atoms with Gasteiger partial charge in [0.1, 0.15) is 46.0 Å². The van der Waals surface area contributed by atoms with Gasteiger partial charge < -0.3 is 72.4 Å². The van der Waals surface area contributed by atoms with Crippen molar-refractivity contribution in [3.8, 4) is 91.0 Å². The number of aryl methyl sites for hydroxylation is 1. The predicted molar refractivity (Wildman–Crippen MR) is 568 cm³/mol. The summed E-state index contributed by atoms with van der Waals surface area (Å²) in [5.41, 5.74) is 20.9. The highest BCUT2D eigenvalue weighted by molar-refractivity contribution is 7.16. The van der Waals surface area contributed by atoms with Crippen LogP contribution in [0.5, 0.6) is 46.0 Å². The molecule has 2 amide bonds. The summed E-state index contributed by atoms with van der Waals surface area (Å²) in [5, 5.41) is 38.3. The highest BCUT2D eigenvalue weighted by Crippen LogP contribution is 2.47. The van der Waals surface area contributed by atoms with Gasteiger partial charge in [0.15, 0.2) is 0 Å². The Hall–Kier alpha value is -16.7. The Balaban J connectivity index is 0.000000124. The fourth-order valence-corrected chi connectivity index (χ4v) is 19.2. The quantitative estimate of drug-likeness (QED) is 0.0242. The second-order valence-corrected chi connectivity index (χ2v) is 37.9. The molecule has 0 bridgehead atoms. The van der Waals surface area contributed by atoms with E-state index in [9.17, 15) is 19.5 Å². The van der Waals surface area contributed by atoms with Crippen LogP contribution < -0.4 is 57.5 Å². The SMILES string of the molecule is CCOC(=O)[C@@H]1C[C@H]1CN(c1cc(OC)cc(OC)c1)c1ccc2ncc(-c3cnn(C)c3)nc2c1.COc1cc(OC)cc(N(CC2CC2)c2ccc3ncc(-c4cnn(C5CC(CCO)C5)c4)nc3c2)c1.COc1cc(OC)cc(N(CCN2C(=O)c3ccccc3C2=O)c2ccc3ncc(-c4cn[nH]c4)nc3c2)c1.COc1cc(OC)cc(N(Cc2ccc(Cl)s2)c2ccc3ncc(-c4cnn(CCO)c4)nc3c2)c1. The van der Waals surface area contributed by atoms with Gasteiger partial charge in [0.05, 0.1) is 227 Å². The maximum Gasteiger partial charge on any atom is 0.309 e. The molecule has 1 aliphatic heterocycles. The summed E-state index contributed by atoms with van der Waals surface area (Å²) in [7, 11) is 14.9. The van der Waals surface area contributed by atoms with Gasteiger partial charge in [-0.3, -0.25) is 58.4 Å². The first-order chi connectivity index (χ1) is 72.2. The fourth-order valence-electron chi connectivity index (χ4n) is 18.2. The van der Waals surface area contributed by atoms with Crippen molar-refractivity contribution in [3.63, 3.8) is 0 Å². The van der Waals surface area contributed by atoms with E-state index >= 15 is 0 Å². The molecule has 4 aliphatic rings. The van der Waals surface area contributed by atoms with E-state index in [0.717, 1.165) is 171 Å². The fraction of sp³-hybridized carbons (Fsp3) is 0.270. The third-order valence-corrected chi connectivity index (χ3v) is 27.7. The molecule has 0 unspecified atom stereocenters. The van der Waals surface area contributed by atoms with Crippen molar-refractivity contribution in [3.05, 3.63) is 277 Å². The summed E-state index contributed by atoms with van der Waals surface area (Å²) in [6.45, 7) is 5.60. The average molecular weight is 2030 g/mol. The molecule has 0 radical (unpaired) electrons. The molecule has 756 valence electrons. The van der Waals surface area contributed by atoms with Gasteiger partial charge in [0, 0.05) is 210 Å². The molecule has 35 nitrogen and oxygen atoms in total. The topological polar surface area (TPSA) is 376 Å². The Morgan fingerprint density at radius 3 is 1.30 bits per heavy atom. The molecule has 3 aliphatic carbocycles. The number of anilines is 8. The van der Waals surface area contributed by atoms with E-state index in [1.54, 1.807) is 151 Å². The van der Waals surface area contributed by atoms with Crippen LogP contribution in [0.25, 0.3) is 89.2 Å². The number of halogens is 1. The number of H-pyrrole nitrogens is 1. The summed E-state index contributed by atoms with van der Waals surface area (Å²) >= 11 is 7.77. The van der Waals surface area contributed by atoms with Crippen molar-refractivity contribution in [2.45, 2.75) is 64.6 Å². The van der Waals surface area contributed by atoms with E-state index in [1.807, 2.05) is 176 Å². The molecule has 3 saturated carbocycles. The number of carbonyl (C=O) groups is 3. The maximum absolute atomic E-state index is 13.0. The van der Waals surface area contributed by atoms with Crippen LogP contribution in [0.2, 0.25) is 4.34 Å². The molecular formula is C111H110ClN21O14S. The van der Waals surface area contributed by atoms with Crippen LogP contribution in [0.1, 0.15) is 77.1 Å². The van der Waals surface area contributed by atoms with Crippen molar-refractivity contribution in [1.82, 2.24) is 84.3 Å². The number of carbonyl (C=O) groups excluding carboxylic acids is 3. The molecule has 9 aromatic heterocycles. The van der Waals surface area contributed by atoms with E-state index in [1.165, 1.54) is 17.7 Å². The molecule has 2 atom stereocenters. The van der Waals surface area contributed by atoms with Gasteiger partial charge in [0.2, 0.25) is 0 Å². The minimum absolute atomic E-state index is 0.0220. The van der Waals surface area contributed by atoms with Gasteiger partial charge in [-0.15, -0.1) is 11.3 Å². The van der Waals surface area contributed by atoms with Crippen molar-refractivity contribution < 1.29 is 67.2 Å². The predicted octanol–water partition coefficient (Wildman–Crippen LogP) is 19.8. The Morgan fingerprint density at radius 2 is 0.872 bits per heavy atom. The van der Waals surface area contributed by atoms with E-state index in [0.29, 0.717) is 113 Å². The third-order valence-electron chi connectivity index (χ3n) is 26.4. The first-order valence-electron chi connectivity index (χ1n) is 48.5. The summed E-state index contributed by atoms with van der Waals surface area (Å²) in [6.07, 6.45) is 28.0. The number of nitrogens with zero attached hydrogens (tertiary/aromatic N) is 20.